The quantitative estimate of drug-likeness (QED) is 0.516. The summed E-state index contributed by atoms with van der Waals surface area (Å²) in [6.07, 6.45) is 5.94. The van der Waals surface area contributed by atoms with Gasteiger partial charge in [-0.2, -0.15) is 0 Å². The summed E-state index contributed by atoms with van der Waals surface area (Å²) in [7, 11) is 0. The molecule has 5 rings (SSSR count). The van der Waals surface area contributed by atoms with Gasteiger partial charge in [0.2, 0.25) is 0 Å². The molecule has 1 nitrogen and oxygen atoms in total. The SMILES string of the molecule is O=C1CCC2C3CCC2C3C1. The maximum Gasteiger partial charge on any atom is 0.133 e. The summed E-state index contributed by atoms with van der Waals surface area (Å²) < 4.78 is 0. The van der Waals surface area contributed by atoms with Crippen LogP contribution < -0.4 is 0 Å². The summed E-state index contributed by atoms with van der Waals surface area (Å²) in [6, 6.07) is 0. The number of ketones is 1. The van der Waals surface area contributed by atoms with E-state index in [0.717, 1.165) is 36.5 Å². The molecule has 0 N–H and O–H groups in total. The van der Waals surface area contributed by atoms with E-state index < -0.39 is 0 Å². The van der Waals surface area contributed by atoms with Gasteiger partial charge in [-0.25, -0.2) is 0 Å². The molecular weight excluding hydrogens is 136 g/mol. The Hall–Kier alpha value is -0.330. The van der Waals surface area contributed by atoms with E-state index in [1.54, 1.807) is 0 Å². The molecule has 60 valence electrons. The van der Waals surface area contributed by atoms with Crippen LogP contribution in [0.2, 0.25) is 0 Å². The standard InChI is InChI=1S/C10H14O/c11-6-1-2-7-8-3-4-9(7)10(8)5-6/h7-10H,1-5H2. The zero-order valence-corrected chi connectivity index (χ0v) is 6.75. The molecule has 0 radical (unpaired) electrons. The van der Waals surface area contributed by atoms with E-state index in [4.69, 9.17) is 0 Å². The van der Waals surface area contributed by atoms with Crippen molar-refractivity contribution in [3.8, 4) is 0 Å². The Morgan fingerprint density at radius 2 is 1.55 bits per heavy atom. The van der Waals surface area contributed by atoms with Crippen molar-refractivity contribution < 1.29 is 4.79 Å². The van der Waals surface area contributed by atoms with Crippen LogP contribution >= 0.6 is 0 Å². The molecule has 0 saturated heterocycles. The minimum atomic E-state index is 0.548. The van der Waals surface area contributed by atoms with E-state index >= 15 is 0 Å². The van der Waals surface area contributed by atoms with Crippen molar-refractivity contribution >= 4 is 5.78 Å². The number of hydrogen-bond donors (Lipinski definition) is 0. The van der Waals surface area contributed by atoms with E-state index in [1.807, 2.05) is 0 Å². The fraction of sp³-hybridized carbons (Fsp3) is 0.900. The summed E-state index contributed by atoms with van der Waals surface area (Å²) in [6.45, 7) is 0. The van der Waals surface area contributed by atoms with Gasteiger partial charge in [0.15, 0.2) is 0 Å². The second-order valence-corrected chi connectivity index (χ2v) is 4.51. The molecule has 0 aromatic rings. The predicted molar refractivity (Wildman–Crippen MR) is 42.1 cm³/mol. The van der Waals surface area contributed by atoms with Gasteiger partial charge in [-0.3, -0.25) is 4.79 Å². The lowest BCUT2D eigenvalue weighted by Crippen LogP contribution is -2.37. The third kappa shape index (κ3) is 0.646. The van der Waals surface area contributed by atoms with Crippen LogP contribution in [0, 0.1) is 23.7 Å². The average molecular weight is 150 g/mol. The van der Waals surface area contributed by atoms with Gasteiger partial charge >= 0.3 is 0 Å². The molecule has 0 spiro atoms. The van der Waals surface area contributed by atoms with Crippen molar-refractivity contribution in [2.24, 2.45) is 23.7 Å². The fourth-order valence-electron chi connectivity index (χ4n) is 3.79. The van der Waals surface area contributed by atoms with Crippen molar-refractivity contribution in [3.63, 3.8) is 0 Å². The van der Waals surface area contributed by atoms with Gasteiger partial charge in [-0.1, -0.05) is 0 Å². The fourth-order valence-corrected chi connectivity index (χ4v) is 3.79. The summed E-state index contributed by atoms with van der Waals surface area (Å²) in [5.41, 5.74) is 0. The molecule has 0 heterocycles. The highest BCUT2D eigenvalue weighted by atomic mass is 16.1. The minimum Gasteiger partial charge on any atom is -0.300 e. The van der Waals surface area contributed by atoms with Crippen molar-refractivity contribution in [3.05, 3.63) is 0 Å². The first-order valence-corrected chi connectivity index (χ1v) is 4.88. The van der Waals surface area contributed by atoms with Gasteiger partial charge in [-0.05, 0) is 42.9 Å². The molecule has 0 amide bonds. The van der Waals surface area contributed by atoms with Crippen molar-refractivity contribution in [1.82, 2.24) is 0 Å². The number of rotatable bonds is 0. The van der Waals surface area contributed by atoms with E-state index in [9.17, 15) is 4.79 Å². The van der Waals surface area contributed by atoms with Crippen LogP contribution in [-0.4, -0.2) is 5.78 Å². The highest BCUT2D eigenvalue weighted by Gasteiger charge is 2.56. The molecule has 1 heteroatoms. The molecular formula is C10H14O. The molecule has 0 aromatic carbocycles. The molecule has 2 unspecified atom stereocenters. The van der Waals surface area contributed by atoms with Crippen molar-refractivity contribution in [1.29, 1.82) is 0 Å². The highest BCUT2D eigenvalue weighted by molar-refractivity contribution is 5.79. The summed E-state index contributed by atoms with van der Waals surface area (Å²) in [4.78, 5) is 11.2. The van der Waals surface area contributed by atoms with Crippen LogP contribution in [-0.2, 0) is 4.79 Å². The van der Waals surface area contributed by atoms with Gasteiger partial charge in [0.05, 0.1) is 0 Å². The molecule has 5 aliphatic rings. The number of Topliss-reactive ketones (excluding diaryl/α,β-unsaturated/α-hetero) is 1. The third-order valence-electron chi connectivity index (χ3n) is 4.25. The molecule has 0 aromatic heterocycles. The summed E-state index contributed by atoms with van der Waals surface area (Å²) in [5.74, 6) is 4.33. The van der Waals surface area contributed by atoms with E-state index in [1.165, 1.54) is 19.3 Å². The average Bonchev–Trinajstić information content (AvgIpc) is 2.49. The molecule has 5 fully saturated rings. The Morgan fingerprint density at radius 3 is 2.27 bits per heavy atom. The van der Waals surface area contributed by atoms with Gasteiger partial charge in [0, 0.05) is 12.8 Å². The minimum absolute atomic E-state index is 0.548. The van der Waals surface area contributed by atoms with Gasteiger partial charge in [0.25, 0.3) is 0 Å². The summed E-state index contributed by atoms with van der Waals surface area (Å²) in [5, 5.41) is 0. The van der Waals surface area contributed by atoms with Gasteiger partial charge in [-0.15, -0.1) is 0 Å². The Bertz CT molecular complexity index is 197. The van der Waals surface area contributed by atoms with Gasteiger partial charge < -0.3 is 0 Å². The smallest absolute Gasteiger partial charge is 0.133 e. The molecule has 5 saturated carbocycles. The van der Waals surface area contributed by atoms with Crippen LogP contribution in [0.1, 0.15) is 32.1 Å². The number of carbonyl (C=O) groups excluding carboxylic acids is 1. The Balaban J connectivity index is 1.90. The monoisotopic (exact) mass is 150 g/mol. The molecule has 4 bridgehead atoms. The Morgan fingerprint density at radius 1 is 0.909 bits per heavy atom. The topological polar surface area (TPSA) is 17.1 Å². The van der Waals surface area contributed by atoms with Crippen molar-refractivity contribution in [2.45, 2.75) is 32.1 Å². The van der Waals surface area contributed by atoms with E-state index in [2.05, 4.69) is 0 Å². The van der Waals surface area contributed by atoms with E-state index in [-0.39, 0.29) is 0 Å². The normalized spacial score (nSPS) is 53.6. The highest BCUT2D eigenvalue weighted by Crippen LogP contribution is 2.62. The zero-order chi connectivity index (χ0) is 7.42. The number of fused-ring (bicyclic) bond motifs is 4. The largest absolute Gasteiger partial charge is 0.300 e. The van der Waals surface area contributed by atoms with Crippen LogP contribution in [0.15, 0.2) is 0 Å². The van der Waals surface area contributed by atoms with Crippen LogP contribution in [0.3, 0.4) is 0 Å². The van der Waals surface area contributed by atoms with E-state index in [0.29, 0.717) is 5.78 Å². The van der Waals surface area contributed by atoms with Crippen molar-refractivity contribution in [2.75, 3.05) is 0 Å². The first-order chi connectivity index (χ1) is 5.36. The van der Waals surface area contributed by atoms with Gasteiger partial charge in [0.1, 0.15) is 5.78 Å². The lowest BCUT2D eigenvalue weighted by Gasteiger charge is -2.42. The maximum absolute atomic E-state index is 11.2. The predicted octanol–water partition coefficient (Wildman–Crippen LogP) is 2.01. The molecule has 0 aliphatic heterocycles. The Kier molecular flexibility index (Phi) is 1.06. The second kappa shape index (κ2) is 1.88. The summed E-state index contributed by atoms with van der Waals surface area (Å²) >= 11 is 0. The number of carbonyl (C=O) groups is 1. The van der Waals surface area contributed by atoms with Crippen LogP contribution in [0.25, 0.3) is 0 Å². The third-order valence-corrected chi connectivity index (χ3v) is 4.25. The van der Waals surface area contributed by atoms with Crippen LogP contribution in [0.5, 0.6) is 0 Å². The zero-order valence-electron chi connectivity index (χ0n) is 6.75. The second-order valence-electron chi connectivity index (χ2n) is 4.51. The lowest BCUT2D eigenvalue weighted by molar-refractivity contribution is -0.120. The molecule has 2 atom stereocenters. The first-order valence-electron chi connectivity index (χ1n) is 4.88. The molecule has 11 heavy (non-hydrogen) atoms. The molecule has 5 aliphatic carbocycles. The number of hydrogen-bond acceptors (Lipinski definition) is 1. The lowest BCUT2D eigenvalue weighted by atomic mass is 9.62. The van der Waals surface area contributed by atoms with Crippen LogP contribution in [0.4, 0.5) is 0 Å². The maximum atomic E-state index is 11.2. The first kappa shape index (κ1) is 6.22. The Labute approximate surface area is 67.2 Å².